The summed E-state index contributed by atoms with van der Waals surface area (Å²) in [6, 6.07) is 16.3. The Morgan fingerprint density at radius 2 is 1.97 bits per heavy atom. The molecule has 4 rings (SSSR count). The number of rotatable bonds is 6. The number of benzene rings is 2. The Morgan fingerprint density at radius 1 is 1.19 bits per heavy atom. The second-order valence-electron chi connectivity index (χ2n) is 8.42. The van der Waals surface area contributed by atoms with E-state index >= 15 is 0 Å². The van der Waals surface area contributed by atoms with Crippen LogP contribution in [0.4, 0.5) is 5.95 Å². The average Bonchev–Trinajstić information content (AvgIpc) is 3.21. The molecule has 1 aromatic heterocycles. The minimum absolute atomic E-state index is 0.216. The van der Waals surface area contributed by atoms with E-state index in [2.05, 4.69) is 41.1 Å². The zero-order chi connectivity index (χ0) is 22.0. The molecule has 0 unspecified atom stereocenters. The number of anilines is 1. The first-order valence-corrected chi connectivity index (χ1v) is 10.7. The van der Waals surface area contributed by atoms with Gasteiger partial charge >= 0.3 is 0 Å². The molecule has 2 N–H and O–H groups in total. The van der Waals surface area contributed by atoms with Crippen LogP contribution in [0.3, 0.4) is 0 Å². The van der Waals surface area contributed by atoms with Crippen LogP contribution in [0.25, 0.3) is 11.1 Å². The van der Waals surface area contributed by atoms with E-state index in [9.17, 15) is 4.79 Å². The Morgan fingerprint density at radius 3 is 2.65 bits per heavy atom. The van der Waals surface area contributed by atoms with Gasteiger partial charge in [0, 0.05) is 38.0 Å². The highest BCUT2D eigenvalue weighted by molar-refractivity contribution is 5.93. The summed E-state index contributed by atoms with van der Waals surface area (Å²) in [7, 11) is 3.92. The maximum Gasteiger partial charge on any atom is 0.248 e. The molecule has 160 valence electrons. The van der Waals surface area contributed by atoms with Gasteiger partial charge in [-0.2, -0.15) is 0 Å². The number of nitrogens with zero attached hydrogens (tertiary/aromatic N) is 4. The van der Waals surface area contributed by atoms with Crippen molar-refractivity contribution in [3.05, 3.63) is 77.1 Å². The summed E-state index contributed by atoms with van der Waals surface area (Å²) in [5, 5.41) is 0. The summed E-state index contributed by atoms with van der Waals surface area (Å²) in [4.78, 5) is 25.5. The van der Waals surface area contributed by atoms with E-state index in [0.717, 1.165) is 42.8 Å². The first-order valence-electron chi connectivity index (χ1n) is 10.7. The molecule has 1 atom stereocenters. The Bertz CT molecular complexity index is 1080. The van der Waals surface area contributed by atoms with Gasteiger partial charge in [-0.15, -0.1) is 0 Å². The van der Waals surface area contributed by atoms with Crippen LogP contribution in [0.5, 0.6) is 0 Å². The van der Waals surface area contributed by atoms with Crippen molar-refractivity contribution in [2.24, 2.45) is 5.73 Å². The first-order chi connectivity index (χ1) is 14.9. The van der Waals surface area contributed by atoms with E-state index in [0.29, 0.717) is 11.5 Å². The van der Waals surface area contributed by atoms with Crippen molar-refractivity contribution in [1.82, 2.24) is 14.9 Å². The topological polar surface area (TPSA) is 75.3 Å². The number of likely N-dealkylation sites (tertiary alicyclic amines) is 1. The molecule has 6 heteroatoms. The lowest BCUT2D eigenvalue weighted by Gasteiger charge is -2.27. The highest BCUT2D eigenvalue weighted by Crippen LogP contribution is 2.38. The fraction of sp³-hybridized carbons (Fsp3) is 0.320. The van der Waals surface area contributed by atoms with Crippen LogP contribution < -0.4 is 10.6 Å². The van der Waals surface area contributed by atoms with E-state index in [-0.39, 0.29) is 6.04 Å². The first kappa shape index (κ1) is 21.0. The number of aromatic nitrogens is 2. The Labute approximate surface area is 183 Å². The van der Waals surface area contributed by atoms with Crippen molar-refractivity contribution in [3.8, 4) is 11.1 Å². The molecule has 1 fully saturated rings. The van der Waals surface area contributed by atoms with Crippen molar-refractivity contribution >= 4 is 11.9 Å². The molecule has 0 radical (unpaired) electrons. The van der Waals surface area contributed by atoms with Crippen molar-refractivity contribution in [2.75, 3.05) is 25.5 Å². The normalized spacial score (nSPS) is 16.4. The summed E-state index contributed by atoms with van der Waals surface area (Å²) >= 11 is 0. The van der Waals surface area contributed by atoms with Gasteiger partial charge in [-0.3, -0.25) is 9.69 Å². The zero-order valence-corrected chi connectivity index (χ0v) is 18.4. The molecule has 0 saturated carbocycles. The number of amides is 1. The second-order valence-corrected chi connectivity index (χ2v) is 8.42. The van der Waals surface area contributed by atoms with Crippen molar-refractivity contribution < 1.29 is 4.79 Å². The third-order valence-corrected chi connectivity index (χ3v) is 5.83. The summed E-state index contributed by atoms with van der Waals surface area (Å²) in [6.45, 7) is 4.07. The monoisotopic (exact) mass is 415 g/mol. The van der Waals surface area contributed by atoms with Crippen LogP contribution in [-0.4, -0.2) is 41.4 Å². The average molecular weight is 416 g/mol. The van der Waals surface area contributed by atoms with E-state index in [1.807, 2.05) is 37.3 Å². The highest BCUT2D eigenvalue weighted by atomic mass is 16.1. The molecule has 0 spiro atoms. The smallest absolute Gasteiger partial charge is 0.248 e. The van der Waals surface area contributed by atoms with Gasteiger partial charge in [0.05, 0.1) is 11.7 Å². The highest BCUT2D eigenvalue weighted by Gasteiger charge is 2.30. The lowest BCUT2D eigenvalue weighted by Crippen LogP contribution is -2.25. The van der Waals surface area contributed by atoms with Gasteiger partial charge in [0.25, 0.3) is 0 Å². The van der Waals surface area contributed by atoms with Crippen LogP contribution in [0.2, 0.25) is 0 Å². The van der Waals surface area contributed by atoms with Gasteiger partial charge in [0.1, 0.15) is 0 Å². The van der Waals surface area contributed by atoms with Crippen LogP contribution >= 0.6 is 0 Å². The number of nitrogens with two attached hydrogens (primary N) is 1. The predicted octanol–water partition coefficient (Wildman–Crippen LogP) is 3.95. The minimum Gasteiger partial charge on any atom is -0.366 e. The molecule has 1 amide bonds. The van der Waals surface area contributed by atoms with E-state index in [1.54, 1.807) is 12.1 Å². The van der Waals surface area contributed by atoms with Gasteiger partial charge in [0.15, 0.2) is 0 Å². The van der Waals surface area contributed by atoms with E-state index in [4.69, 9.17) is 10.7 Å². The van der Waals surface area contributed by atoms with Crippen LogP contribution in [-0.2, 0) is 6.54 Å². The number of aryl methyl sites for hydroxylation is 1. The van der Waals surface area contributed by atoms with Gasteiger partial charge in [-0.05, 0) is 49.6 Å². The largest absolute Gasteiger partial charge is 0.366 e. The molecule has 2 aromatic carbocycles. The van der Waals surface area contributed by atoms with Gasteiger partial charge in [0.2, 0.25) is 11.9 Å². The molecule has 0 bridgehead atoms. The Balaban J connectivity index is 1.72. The zero-order valence-electron chi connectivity index (χ0n) is 18.4. The maximum absolute atomic E-state index is 11.5. The van der Waals surface area contributed by atoms with Crippen LogP contribution in [0.15, 0.2) is 54.7 Å². The fourth-order valence-corrected chi connectivity index (χ4v) is 4.26. The van der Waals surface area contributed by atoms with Crippen LogP contribution in [0.1, 0.15) is 46.1 Å². The SMILES string of the molecule is Cc1cccc(CN2CCC[C@@H]2c2nc(N(C)C)ncc2-c2ccc(C(N)=O)cc2)c1. The van der Waals surface area contributed by atoms with Gasteiger partial charge in [-0.1, -0.05) is 42.0 Å². The number of hydrogen-bond donors (Lipinski definition) is 1. The fourth-order valence-electron chi connectivity index (χ4n) is 4.26. The predicted molar refractivity (Wildman–Crippen MR) is 124 cm³/mol. The van der Waals surface area contributed by atoms with Gasteiger partial charge < -0.3 is 10.6 Å². The standard InChI is InChI=1S/C25H29N5O/c1-17-6-4-7-18(14-17)16-30-13-5-8-22(30)23-21(15-27-25(28-23)29(2)3)19-9-11-20(12-10-19)24(26)31/h4,6-7,9-12,14-15,22H,5,8,13,16H2,1-3H3,(H2,26,31)/t22-/m1/s1. The van der Waals surface area contributed by atoms with Crippen molar-refractivity contribution in [3.63, 3.8) is 0 Å². The lowest BCUT2D eigenvalue weighted by atomic mass is 9.98. The molecule has 3 aromatic rings. The molecule has 6 nitrogen and oxygen atoms in total. The lowest BCUT2D eigenvalue weighted by molar-refractivity contribution is 0.100. The molecule has 31 heavy (non-hydrogen) atoms. The third-order valence-electron chi connectivity index (χ3n) is 5.83. The summed E-state index contributed by atoms with van der Waals surface area (Å²) < 4.78 is 0. The van der Waals surface area contributed by atoms with Crippen LogP contribution in [0, 0.1) is 6.92 Å². The third kappa shape index (κ3) is 4.59. The molecule has 1 saturated heterocycles. The van der Waals surface area contributed by atoms with Gasteiger partial charge in [-0.25, -0.2) is 9.97 Å². The number of carbonyl (C=O) groups is 1. The number of carbonyl (C=O) groups excluding carboxylic acids is 1. The van der Waals surface area contributed by atoms with E-state index in [1.165, 1.54) is 11.1 Å². The number of primary amides is 1. The Kier molecular flexibility index (Phi) is 6.00. The van der Waals surface area contributed by atoms with E-state index < -0.39 is 5.91 Å². The van der Waals surface area contributed by atoms with Crippen molar-refractivity contribution in [1.29, 1.82) is 0 Å². The molecule has 2 heterocycles. The minimum atomic E-state index is -0.425. The molecule has 1 aliphatic rings. The molecule has 1 aliphatic heterocycles. The molecular weight excluding hydrogens is 386 g/mol. The Hall–Kier alpha value is -3.25. The summed E-state index contributed by atoms with van der Waals surface area (Å²) in [5.74, 6) is 0.279. The summed E-state index contributed by atoms with van der Waals surface area (Å²) in [6.07, 6.45) is 4.10. The molecule has 0 aliphatic carbocycles. The van der Waals surface area contributed by atoms with Crippen molar-refractivity contribution in [2.45, 2.75) is 32.4 Å². The maximum atomic E-state index is 11.5. The molecular formula is C25H29N5O. The quantitative estimate of drug-likeness (QED) is 0.660. The summed E-state index contributed by atoms with van der Waals surface area (Å²) in [5.41, 5.74) is 11.5. The number of hydrogen-bond acceptors (Lipinski definition) is 5. The second kappa shape index (κ2) is 8.86.